The molecule has 2 N–H and O–H groups in total. The molecule has 4 aliphatic rings. The summed E-state index contributed by atoms with van der Waals surface area (Å²) in [5.41, 5.74) is 0.656. The van der Waals surface area contributed by atoms with Gasteiger partial charge >= 0.3 is 0 Å². The fourth-order valence-electron chi connectivity index (χ4n) is 5.90. The maximum Gasteiger partial charge on any atom is 0.237 e. The van der Waals surface area contributed by atoms with Gasteiger partial charge in [-0.1, -0.05) is 29.3 Å². The van der Waals surface area contributed by atoms with Crippen LogP contribution in [0.3, 0.4) is 0 Å². The van der Waals surface area contributed by atoms with Gasteiger partial charge in [0.1, 0.15) is 0 Å². The number of amides is 1. The Kier molecular flexibility index (Phi) is 5.69. The van der Waals surface area contributed by atoms with Crippen molar-refractivity contribution in [2.24, 2.45) is 17.8 Å². The summed E-state index contributed by atoms with van der Waals surface area (Å²) in [6.45, 7) is 2.74. The first kappa shape index (κ1) is 20.5. The van der Waals surface area contributed by atoms with Gasteiger partial charge in [-0.3, -0.25) is 9.69 Å². The molecule has 6 heteroatoms. The molecule has 3 atom stereocenters. The Bertz CT molecular complexity index is 740. The van der Waals surface area contributed by atoms with E-state index >= 15 is 0 Å². The van der Waals surface area contributed by atoms with E-state index in [2.05, 4.69) is 10.2 Å². The molecule has 28 heavy (non-hydrogen) atoms. The van der Waals surface area contributed by atoms with E-state index in [-0.39, 0.29) is 18.0 Å². The molecule has 1 aromatic rings. The molecule has 0 spiro atoms. The van der Waals surface area contributed by atoms with E-state index in [1.54, 1.807) is 0 Å². The number of nitrogens with zero attached hydrogens (tertiary/aromatic N) is 1. The monoisotopic (exact) mass is 424 g/mol. The maximum atomic E-state index is 12.9. The maximum absolute atomic E-state index is 12.9. The van der Waals surface area contributed by atoms with Crippen LogP contribution in [0.25, 0.3) is 0 Å². The van der Waals surface area contributed by atoms with E-state index in [0.29, 0.717) is 27.8 Å². The average Bonchev–Trinajstić information content (AvgIpc) is 2.63. The lowest BCUT2D eigenvalue weighted by molar-refractivity contribution is -0.148. The molecule has 5 rings (SSSR count). The Morgan fingerprint density at radius 3 is 2.54 bits per heavy atom. The molecule has 4 bridgehead atoms. The molecular formula is C22H30Cl2N2O2. The van der Waals surface area contributed by atoms with Gasteiger partial charge in [-0.05, 0) is 87.9 Å². The normalized spacial score (nSPS) is 34.6. The molecule has 154 valence electrons. The molecule has 4 saturated carbocycles. The quantitative estimate of drug-likeness (QED) is 0.727. The van der Waals surface area contributed by atoms with Gasteiger partial charge in [-0.25, -0.2) is 0 Å². The minimum Gasteiger partial charge on any atom is -0.390 e. The van der Waals surface area contributed by atoms with Crippen LogP contribution in [0.2, 0.25) is 10.0 Å². The number of carbonyl (C=O) groups excluding carboxylic acids is 1. The van der Waals surface area contributed by atoms with Gasteiger partial charge < -0.3 is 10.4 Å². The number of hydrogen-bond donors (Lipinski definition) is 2. The van der Waals surface area contributed by atoms with Crippen molar-refractivity contribution in [2.45, 2.75) is 63.1 Å². The number of rotatable bonds is 6. The molecule has 4 fully saturated rings. The number of nitrogens with one attached hydrogen (secondary N) is 1. The lowest BCUT2D eigenvalue weighted by Crippen LogP contribution is -2.63. The molecule has 4 nitrogen and oxygen atoms in total. The van der Waals surface area contributed by atoms with E-state index in [1.807, 2.05) is 32.2 Å². The minimum atomic E-state index is -0.458. The number of aliphatic hydroxyl groups is 1. The Hall–Kier alpha value is -0.810. The van der Waals surface area contributed by atoms with Crippen LogP contribution in [0.1, 0.15) is 44.6 Å². The van der Waals surface area contributed by atoms with Crippen LogP contribution in [-0.4, -0.2) is 47.2 Å². The zero-order valence-corrected chi connectivity index (χ0v) is 18.1. The molecule has 0 aliphatic heterocycles. The van der Waals surface area contributed by atoms with E-state index < -0.39 is 5.60 Å². The summed E-state index contributed by atoms with van der Waals surface area (Å²) in [5.74, 6) is 1.63. The first-order valence-electron chi connectivity index (χ1n) is 10.4. The van der Waals surface area contributed by atoms with Crippen LogP contribution in [0.5, 0.6) is 0 Å². The summed E-state index contributed by atoms with van der Waals surface area (Å²) < 4.78 is 0. The number of likely N-dealkylation sites (N-methyl/N-ethyl adjacent to an activating group) is 1. The standard InChI is InChI=1S/C22H30Cl2N2O2/c1-13(26(2)6-5-14-3-4-18(23)19(24)9-14)21(27)25-20-16-7-15-8-17(20)12-22(28,10-15)11-16/h3-4,9,13,15-17,20,28H,5-8,10-12H2,1-2H3,(H,25,27)/t13-,15?,16?,17?,20?,22?/m0/s1. The number of halogens is 2. The minimum absolute atomic E-state index is 0.0982. The highest BCUT2D eigenvalue weighted by Crippen LogP contribution is 2.55. The van der Waals surface area contributed by atoms with Gasteiger partial charge in [-0.2, -0.15) is 0 Å². The van der Waals surface area contributed by atoms with Gasteiger partial charge in [0.05, 0.1) is 21.7 Å². The molecule has 1 aromatic carbocycles. The van der Waals surface area contributed by atoms with Gasteiger partial charge in [0.2, 0.25) is 5.91 Å². The SMILES string of the molecule is C[C@@H](C(=O)NC1C2CC3CC1CC(O)(C3)C2)N(C)CCc1ccc(Cl)c(Cl)c1. The summed E-state index contributed by atoms with van der Waals surface area (Å²) in [7, 11) is 1.99. The van der Waals surface area contributed by atoms with E-state index in [4.69, 9.17) is 23.2 Å². The summed E-state index contributed by atoms with van der Waals surface area (Å²) in [6, 6.07) is 5.72. The lowest BCUT2D eigenvalue weighted by Gasteiger charge is -2.58. The van der Waals surface area contributed by atoms with Crippen LogP contribution in [0.15, 0.2) is 18.2 Å². The van der Waals surface area contributed by atoms with Crippen molar-refractivity contribution in [2.75, 3.05) is 13.6 Å². The van der Waals surface area contributed by atoms with Crippen molar-refractivity contribution >= 4 is 29.1 Å². The smallest absolute Gasteiger partial charge is 0.237 e. The van der Waals surface area contributed by atoms with Crippen molar-refractivity contribution in [1.29, 1.82) is 0 Å². The topological polar surface area (TPSA) is 52.6 Å². The summed E-state index contributed by atoms with van der Waals surface area (Å²) in [5, 5.41) is 15.2. The van der Waals surface area contributed by atoms with Crippen LogP contribution in [0.4, 0.5) is 0 Å². The zero-order valence-electron chi connectivity index (χ0n) is 16.6. The third-order valence-corrected chi connectivity index (χ3v) is 8.07. The zero-order chi connectivity index (χ0) is 20.1. The van der Waals surface area contributed by atoms with Crippen LogP contribution in [-0.2, 0) is 11.2 Å². The average molecular weight is 425 g/mol. The molecule has 0 heterocycles. The first-order chi connectivity index (χ1) is 13.2. The molecular weight excluding hydrogens is 395 g/mol. The largest absolute Gasteiger partial charge is 0.390 e. The fourth-order valence-corrected chi connectivity index (χ4v) is 6.22. The first-order valence-corrected chi connectivity index (χ1v) is 11.2. The molecule has 4 aliphatic carbocycles. The highest BCUT2D eigenvalue weighted by atomic mass is 35.5. The summed E-state index contributed by atoms with van der Waals surface area (Å²) >= 11 is 12.1. The third kappa shape index (κ3) is 4.07. The fraction of sp³-hybridized carbons (Fsp3) is 0.682. The van der Waals surface area contributed by atoms with Crippen LogP contribution >= 0.6 is 23.2 Å². The second kappa shape index (κ2) is 7.79. The number of benzene rings is 1. The molecule has 1 amide bonds. The van der Waals surface area contributed by atoms with Crippen molar-refractivity contribution < 1.29 is 9.90 Å². The Labute approximate surface area is 177 Å². The van der Waals surface area contributed by atoms with Gasteiger partial charge in [0.15, 0.2) is 0 Å². The lowest BCUT2D eigenvalue weighted by atomic mass is 9.52. The third-order valence-electron chi connectivity index (χ3n) is 7.33. The van der Waals surface area contributed by atoms with Crippen molar-refractivity contribution in [3.8, 4) is 0 Å². The molecule has 2 unspecified atom stereocenters. The van der Waals surface area contributed by atoms with Crippen molar-refractivity contribution in [3.05, 3.63) is 33.8 Å². The Morgan fingerprint density at radius 1 is 1.25 bits per heavy atom. The van der Waals surface area contributed by atoms with Gasteiger partial charge in [0, 0.05) is 12.6 Å². The molecule has 0 aromatic heterocycles. The molecule has 0 saturated heterocycles. The Balaban J connectivity index is 1.31. The number of carbonyl (C=O) groups is 1. The molecule has 0 radical (unpaired) electrons. The van der Waals surface area contributed by atoms with Crippen LogP contribution in [0, 0.1) is 17.8 Å². The van der Waals surface area contributed by atoms with Gasteiger partial charge in [-0.15, -0.1) is 0 Å². The van der Waals surface area contributed by atoms with Crippen LogP contribution < -0.4 is 5.32 Å². The van der Waals surface area contributed by atoms with E-state index in [0.717, 1.165) is 50.6 Å². The second-order valence-corrected chi connectivity index (χ2v) is 10.2. The highest BCUT2D eigenvalue weighted by molar-refractivity contribution is 6.42. The highest BCUT2D eigenvalue weighted by Gasteiger charge is 2.55. The second-order valence-electron chi connectivity index (χ2n) is 9.38. The predicted octanol–water partition coefficient (Wildman–Crippen LogP) is 3.91. The van der Waals surface area contributed by atoms with E-state index in [9.17, 15) is 9.90 Å². The summed E-state index contributed by atoms with van der Waals surface area (Å²) in [6.07, 6.45) is 5.80. The van der Waals surface area contributed by atoms with Crippen molar-refractivity contribution in [3.63, 3.8) is 0 Å². The Morgan fingerprint density at radius 2 is 1.93 bits per heavy atom. The van der Waals surface area contributed by atoms with Crippen molar-refractivity contribution in [1.82, 2.24) is 10.2 Å². The predicted molar refractivity (Wildman–Crippen MR) is 113 cm³/mol. The van der Waals surface area contributed by atoms with E-state index in [1.165, 1.54) is 0 Å². The summed E-state index contributed by atoms with van der Waals surface area (Å²) in [4.78, 5) is 15.0. The number of hydrogen-bond acceptors (Lipinski definition) is 3. The van der Waals surface area contributed by atoms with Gasteiger partial charge in [0.25, 0.3) is 0 Å².